The van der Waals surface area contributed by atoms with E-state index in [1.54, 1.807) is 17.8 Å². The zero-order valence-corrected chi connectivity index (χ0v) is 20.7. The highest BCUT2D eigenvalue weighted by atomic mass is 32.1. The number of aryl methyl sites for hydroxylation is 1. The van der Waals surface area contributed by atoms with E-state index >= 15 is 0 Å². The van der Waals surface area contributed by atoms with Gasteiger partial charge in [0.15, 0.2) is 11.5 Å². The van der Waals surface area contributed by atoms with Gasteiger partial charge in [0.05, 0.1) is 18.5 Å². The molecule has 186 valence electrons. The van der Waals surface area contributed by atoms with Crippen LogP contribution in [-0.2, 0) is 28.7 Å². The summed E-state index contributed by atoms with van der Waals surface area (Å²) in [4.78, 5) is 31.5. The summed E-state index contributed by atoms with van der Waals surface area (Å²) in [6.45, 7) is 0.789. The first-order valence-corrected chi connectivity index (χ1v) is 12.0. The predicted molar refractivity (Wildman–Crippen MR) is 131 cm³/mol. The smallest absolute Gasteiger partial charge is 0.357 e. The van der Waals surface area contributed by atoms with Crippen LogP contribution in [0.5, 0.6) is 0 Å². The van der Waals surface area contributed by atoms with Gasteiger partial charge in [-0.2, -0.15) is 5.10 Å². The Morgan fingerprint density at radius 3 is 2.78 bits per heavy atom. The number of amides is 1. The van der Waals surface area contributed by atoms with E-state index in [2.05, 4.69) is 20.6 Å². The van der Waals surface area contributed by atoms with Crippen molar-refractivity contribution in [3.05, 3.63) is 58.9 Å². The lowest BCUT2D eigenvalue weighted by Crippen LogP contribution is -2.35. The number of aliphatic hydroxyl groups is 1. The average molecular weight is 509 g/mol. The number of likely N-dealkylation sites (N-methyl/N-ethyl adjacent to an activating group) is 1. The molecule has 0 saturated carbocycles. The van der Waals surface area contributed by atoms with E-state index in [0.29, 0.717) is 40.0 Å². The summed E-state index contributed by atoms with van der Waals surface area (Å²) < 4.78 is 12.0. The fourth-order valence-corrected chi connectivity index (χ4v) is 5.02. The van der Waals surface area contributed by atoms with Gasteiger partial charge in [0, 0.05) is 56.5 Å². The molecule has 1 aliphatic rings. The van der Waals surface area contributed by atoms with Gasteiger partial charge >= 0.3 is 5.97 Å². The van der Waals surface area contributed by atoms with Crippen molar-refractivity contribution in [2.45, 2.75) is 18.6 Å². The van der Waals surface area contributed by atoms with Gasteiger partial charge in [-0.1, -0.05) is 23.4 Å². The molecule has 0 spiro atoms. The first-order chi connectivity index (χ1) is 17.3. The van der Waals surface area contributed by atoms with E-state index < -0.39 is 17.5 Å². The first kappa shape index (κ1) is 23.7. The van der Waals surface area contributed by atoms with Gasteiger partial charge in [-0.25, -0.2) is 9.78 Å². The summed E-state index contributed by atoms with van der Waals surface area (Å²) in [5.41, 5.74) is 0.489. The largest absolute Gasteiger partial charge is 0.464 e. The number of likely N-dealkylation sites (tertiary alicyclic amines) is 1. The number of carbonyl (C=O) groups is 2. The Bertz CT molecular complexity index is 1440. The molecule has 1 saturated heterocycles. The number of nitrogens with one attached hydrogen (secondary N) is 1. The van der Waals surface area contributed by atoms with Crippen LogP contribution in [0, 0.1) is 0 Å². The third-order valence-corrected chi connectivity index (χ3v) is 7.16. The number of aromatic nitrogens is 4. The standard InChI is InChI=1S/C24H24N6O5S/c1-29-10-8-24(33,23(29)32)18-12-16(28-35-18)14-5-4-6-15(11-14)21-26-20(22(31)34-3)17(36-21)13-25-19-7-9-30(2)27-19/h4-7,9,11-12,33H,8,10,13H2,1-3H3,(H,25,27). The lowest BCUT2D eigenvalue weighted by Gasteiger charge is -2.16. The zero-order chi connectivity index (χ0) is 25.4. The molecule has 0 bridgehead atoms. The predicted octanol–water partition coefficient (Wildman–Crippen LogP) is 2.65. The van der Waals surface area contributed by atoms with E-state index in [1.165, 1.54) is 23.3 Å². The van der Waals surface area contributed by atoms with Gasteiger partial charge in [-0.05, 0) is 6.07 Å². The van der Waals surface area contributed by atoms with Crippen molar-refractivity contribution in [3.8, 4) is 21.8 Å². The molecular weight excluding hydrogens is 484 g/mol. The monoisotopic (exact) mass is 508 g/mol. The summed E-state index contributed by atoms with van der Waals surface area (Å²) in [5.74, 6) is -0.140. The number of anilines is 1. The van der Waals surface area contributed by atoms with Crippen molar-refractivity contribution in [1.29, 1.82) is 0 Å². The lowest BCUT2D eigenvalue weighted by molar-refractivity contribution is -0.144. The molecule has 0 radical (unpaired) electrons. The second-order valence-electron chi connectivity index (χ2n) is 8.50. The lowest BCUT2D eigenvalue weighted by atomic mass is 9.98. The van der Waals surface area contributed by atoms with Crippen LogP contribution in [0.3, 0.4) is 0 Å². The van der Waals surface area contributed by atoms with Crippen LogP contribution in [0.15, 0.2) is 47.1 Å². The highest BCUT2D eigenvalue weighted by Crippen LogP contribution is 2.36. The molecule has 3 aromatic heterocycles. The second-order valence-corrected chi connectivity index (χ2v) is 9.59. The third kappa shape index (κ3) is 4.25. The van der Waals surface area contributed by atoms with E-state index in [-0.39, 0.29) is 17.9 Å². The van der Waals surface area contributed by atoms with Gasteiger partial charge in [0.25, 0.3) is 5.91 Å². The molecule has 5 rings (SSSR count). The molecule has 12 heteroatoms. The highest BCUT2D eigenvalue weighted by Gasteiger charge is 2.48. The molecule has 36 heavy (non-hydrogen) atoms. The molecule has 1 fully saturated rings. The SMILES string of the molecule is COC(=O)c1nc(-c2cccc(-c3cc(C4(O)CCN(C)C4=O)on3)c2)sc1CNc1ccn(C)n1. The molecule has 1 aliphatic heterocycles. The Balaban J connectivity index is 1.43. The van der Waals surface area contributed by atoms with Gasteiger partial charge in [0.1, 0.15) is 16.5 Å². The number of benzene rings is 1. The topological polar surface area (TPSA) is 136 Å². The summed E-state index contributed by atoms with van der Waals surface area (Å²) in [7, 11) is 4.78. The number of carbonyl (C=O) groups excluding carboxylic acids is 2. The van der Waals surface area contributed by atoms with E-state index in [9.17, 15) is 14.7 Å². The van der Waals surface area contributed by atoms with Crippen LogP contribution in [0.1, 0.15) is 27.5 Å². The zero-order valence-electron chi connectivity index (χ0n) is 19.9. The molecule has 2 N–H and O–H groups in total. The average Bonchev–Trinajstić information content (AvgIpc) is 3.68. The Morgan fingerprint density at radius 1 is 1.28 bits per heavy atom. The maximum atomic E-state index is 12.4. The first-order valence-electron chi connectivity index (χ1n) is 11.2. The number of nitrogens with zero attached hydrogens (tertiary/aromatic N) is 5. The van der Waals surface area contributed by atoms with Crippen LogP contribution in [0.4, 0.5) is 5.82 Å². The normalized spacial score (nSPS) is 17.6. The maximum Gasteiger partial charge on any atom is 0.357 e. The van der Waals surface area contributed by atoms with Gasteiger partial charge in [-0.3, -0.25) is 9.48 Å². The van der Waals surface area contributed by atoms with Crippen molar-refractivity contribution >= 4 is 29.0 Å². The minimum atomic E-state index is -1.71. The molecule has 1 atom stereocenters. The van der Waals surface area contributed by atoms with Gasteiger partial charge < -0.3 is 24.6 Å². The summed E-state index contributed by atoms with van der Waals surface area (Å²) in [5, 5.41) is 23.0. The number of esters is 1. The van der Waals surface area contributed by atoms with E-state index in [0.717, 1.165) is 5.56 Å². The van der Waals surface area contributed by atoms with Gasteiger partial charge in [0.2, 0.25) is 5.60 Å². The van der Waals surface area contributed by atoms with Gasteiger partial charge in [-0.15, -0.1) is 11.3 Å². The van der Waals surface area contributed by atoms with Crippen LogP contribution in [0.25, 0.3) is 21.8 Å². The number of ether oxygens (including phenoxy) is 1. The molecule has 1 amide bonds. The Hall–Kier alpha value is -4.03. The maximum absolute atomic E-state index is 12.4. The number of rotatable bonds is 7. The molecule has 0 aliphatic carbocycles. The summed E-state index contributed by atoms with van der Waals surface area (Å²) in [6.07, 6.45) is 2.06. The Kier molecular flexibility index (Phi) is 6.06. The fourth-order valence-electron chi connectivity index (χ4n) is 4.03. The number of methoxy groups -OCH3 is 1. The Morgan fingerprint density at radius 2 is 2.08 bits per heavy atom. The van der Waals surface area contributed by atoms with Crippen LogP contribution in [0.2, 0.25) is 0 Å². The molecular formula is C24H24N6O5S. The number of hydrogen-bond acceptors (Lipinski definition) is 10. The quantitative estimate of drug-likeness (QED) is 0.361. The minimum Gasteiger partial charge on any atom is -0.464 e. The van der Waals surface area contributed by atoms with Crippen molar-refractivity contribution in [1.82, 2.24) is 24.8 Å². The second kappa shape index (κ2) is 9.21. The molecule has 1 aromatic carbocycles. The fraction of sp³-hybridized carbons (Fsp3) is 0.292. The van der Waals surface area contributed by atoms with Crippen molar-refractivity contribution in [3.63, 3.8) is 0 Å². The molecule has 4 aromatic rings. The highest BCUT2D eigenvalue weighted by molar-refractivity contribution is 7.15. The van der Waals surface area contributed by atoms with E-state index in [4.69, 9.17) is 9.26 Å². The van der Waals surface area contributed by atoms with Crippen LogP contribution in [-0.4, -0.2) is 62.5 Å². The third-order valence-electron chi connectivity index (χ3n) is 6.05. The van der Waals surface area contributed by atoms with Crippen molar-refractivity contribution in [2.24, 2.45) is 7.05 Å². The van der Waals surface area contributed by atoms with Crippen LogP contribution < -0.4 is 5.32 Å². The van der Waals surface area contributed by atoms with Crippen LogP contribution >= 0.6 is 11.3 Å². The molecule has 1 unspecified atom stereocenters. The summed E-state index contributed by atoms with van der Waals surface area (Å²) >= 11 is 1.37. The summed E-state index contributed by atoms with van der Waals surface area (Å²) in [6, 6.07) is 10.8. The number of hydrogen-bond donors (Lipinski definition) is 2. The van der Waals surface area contributed by atoms with E-state index in [1.807, 2.05) is 43.6 Å². The van der Waals surface area contributed by atoms with Crippen molar-refractivity contribution < 1.29 is 24.0 Å². The molecule has 4 heterocycles. The number of thiazole rings is 1. The Labute approximate surface area is 210 Å². The van der Waals surface area contributed by atoms with Crippen molar-refractivity contribution in [2.75, 3.05) is 26.0 Å². The minimum absolute atomic E-state index is 0.113. The molecule has 11 nitrogen and oxygen atoms in total.